The molecule has 0 aliphatic carbocycles. The van der Waals surface area contributed by atoms with E-state index in [4.69, 9.17) is 0 Å². The lowest BCUT2D eigenvalue weighted by Gasteiger charge is -2.02. The van der Waals surface area contributed by atoms with E-state index in [0.29, 0.717) is 0 Å². The average molecular weight is 200 g/mol. The number of hydrogen-bond donors (Lipinski definition) is 1. The molecule has 0 aromatic carbocycles. The Morgan fingerprint density at radius 2 is 2.14 bits per heavy atom. The first-order valence-electron chi connectivity index (χ1n) is 3.59. The van der Waals surface area contributed by atoms with Gasteiger partial charge in [0.2, 0.25) is 0 Å². The predicted octanol–water partition coefficient (Wildman–Crippen LogP) is 0.141. The summed E-state index contributed by atoms with van der Waals surface area (Å²) in [6.07, 6.45) is 0. The van der Waals surface area contributed by atoms with Crippen molar-refractivity contribution in [3.05, 3.63) is 22.0 Å². The molecule has 1 rings (SSSR count). The molecule has 0 spiro atoms. The molecule has 0 aliphatic heterocycles. The summed E-state index contributed by atoms with van der Waals surface area (Å²) in [5.74, 6) is -1.68. The van der Waals surface area contributed by atoms with E-state index in [2.05, 4.69) is 13.9 Å². The molecule has 0 bridgehead atoms. The van der Waals surface area contributed by atoms with Crippen LogP contribution in [0.25, 0.3) is 0 Å². The molecule has 0 fully saturated rings. The third-order valence-electron chi connectivity index (χ3n) is 1.50. The quantitative estimate of drug-likeness (QED) is 0.683. The second kappa shape index (κ2) is 3.82. The SMILES string of the molecule is COC(=O)c1c(O)cc(OC)oc1=O. The molecule has 14 heavy (non-hydrogen) atoms. The van der Waals surface area contributed by atoms with Crippen LogP contribution < -0.4 is 10.4 Å². The first-order chi connectivity index (χ1) is 6.60. The van der Waals surface area contributed by atoms with Crippen LogP contribution in [0.15, 0.2) is 15.3 Å². The lowest BCUT2D eigenvalue weighted by Crippen LogP contribution is -2.15. The van der Waals surface area contributed by atoms with Gasteiger partial charge in [-0.15, -0.1) is 0 Å². The number of carbonyl (C=O) groups excluding carboxylic acids is 1. The van der Waals surface area contributed by atoms with Gasteiger partial charge in [-0.1, -0.05) is 0 Å². The maximum Gasteiger partial charge on any atom is 0.357 e. The van der Waals surface area contributed by atoms with Crippen LogP contribution in [0.1, 0.15) is 10.4 Å². The first kappa shape index (κ1) is 10.1. The van der Waals surface area contributed by atoms with Crippen LogP contribution in [0.2, 0.25) is 0 Å². The minimum Gasteiger partial charge on any atom is -0.506 e. The molecule has 1 heterocycles. The summed E-state index contributed by atoms with van der Waals surface area (Å²) in [5, 5.41) is 9.26. The first-order valence-corrected chi connectivity index (χ1v) is 3.59. The molecule has 0 saturated heterocycles. The van der Waals surface area contributed by atoms with Gasteiger partial charge in [0.15, 0.2) is 5.56 Å². The summed E-state index contributed by atoms with van der Waals surface area (Å²) in [5.41, 5.74) is -1.55. The zero-order valence-corrected chi connectivity index (χ0v) is 7.57. The predicted molar refractivity (Wildman–Crippen MR) is 44.5 cm³/mol. The maximum atomic E-state index is 11.1. The van der Waals surface area contributed by atoms with E-state index in [0.717, 1.165) is 13.2 Å². The summed E-state index contributed by atoms with van der Waals surface area (Å²) in [6, 6.07) is 1.01. The highest BCUT2D eigenvalue weighted by Crippen LogP contribution is 2.19. The largest absolute Gasteiger partial charge is 0.506 e. The number of aromatic hydroxyl groups is 1. The third-order valence-corrected chi connectivity index (χ3v) is 1.50. The van der Waals surface area contributed by atoms with Crippen molar-refractivity contribution < 1.29 is 23.8 Å². The highest BCUT2D eigenvalue weighted by Gasteiger charge is 2.19. The molecular weight excluding hydrogens is 192 g/mol. The van der Waals surface area contributed by atoms with E-state index < -0.39 is 22.9 Å². The van der Waals surface area contributed by atoms with Gasteiger partial charge < -0.3 is 19.0 Å². The number of methoxy groups -OCH3 is 2. The van der Waals surface area contributed by atoms with Crippen LogP contribution in [-0.4, -0.2) is 25.3 Å². The Kier molecular flexibility index (Phi) is 2.76. The van der Waals surface area contributed by atoms with Crippen LogP contribution in [0.4, 0.5) is 0 Å². The minimum absolute atomic E-state index is 0.180. The molecule has 6 heteroatoms. The van der Waals surface area contributed by atoms with Crippen molar-refractivity contribution in [3.63, 3.8) is 0 Å². The molecule has 0 radical (unpaired) electrons. The topological polar surface area (TPSA) is 86.0 Å². The van der Waals surface area contributed by atoms with Gasteiger partial charge in [0, 0.05) is 0 Å². The van der Waals surface area contributed by atoms with E-state index in [-0.39, 0.29) is 5.95 Å². The third kappa shape index (κ3) is 1.68. The lowest BCUT2D eigenvalue weighted by atomic mass is 10.3. The fourth-order valence-corrected chi connectivity index (χ4v) is 0.851. The standard InChI is InChI=1S/C8H8O6/c1-12-5-3-4(9)6(7(10)13-2)8(11)14-5/h3,9H,1-2H3. The van der Waals surface area contributed by atoms with Crippen LogP contribution >= 0.6 is 0 Å². The molecular formula is C8H8O6. The summed E-state index contributed by atoms with van der Waals surface area (Å²) in [4.78, 5) is 22.1. The molecule has 1 aromatic heterocycles. The van der Waals surface area contributed by atoms with Gasteiger partial charge in [0.1, 0.15) is 5.75 Å². The molecule has 0 saturated carbocycles. The monoisotopic (exact) mass is 200 g/mol. The zero-order valence-electron chi connectivity index (χ0n) is 7.57. The second-order valence-electron chi connectivity index (χ2n) is 2.31. The Morgan fingerprint density at radius 3 is 2.57 bits per heavy atom. The fourth-order valence-electron chi connectivity index (χ4n) is 0.851. The lowest BCUT2D eigenvalue weighted by molar-refractivity contribution is 0.0590. The van der Waals surface area contributed by atoms with Crippen molar-refractivity contribution in [2.45, 2.75) is 0 Å². The number of rotatable bonds is 2. The Balaban J connectivity index is 3.33. The van der Waals surface area contributed by atoms with Crippen molar-refractivity contribution in [3.8, 4) is 11.7 Å². The molecule has 0 unspecified atom stereocenters. The average Bonchev–Trinajstić information content (AvgIpc) is 2.16. The molecule has 0 amide bonds. The van der Waals surface area contributed by atoms with Gasteiger partial charge in [-0.05, 0) is 0 Å². The van der Waals surface area contributed by atoms with Crippen LogP contribution in [-0.2, 0) is 4.74 Å². The van der Waals surface area contributed by atoms with Crippen molar-refractivity contribution >= 4 is 5.97 Å². The summed E-state index contributed by atoms with van der Waals surface area (Å²) < 4.78 is 13.4. The van der Waals surface area contributed by atoms with Gasteiger partial charge in [-0.2, -0.15) is 0 Å². The molecule has 0 aliphatic rings. The fraction of sp³-hybridized carbons (Fsp3) is 0.250. The van der Waals surface area contributed by atoms with Crippen molar-refractivity contribution in [1.82, 2.24) is 0 Å². The van der Waals surface area contributed by atoms with Crippen molar-refractivity contribution in [2.75, 3.05) is 14.2 Å². The molecule has 1 aromatic rings. The smallest absolute Gasteiger partial charge is 0.357 e. The highest BCUT2D eigenvalue weighted by molar-refractivity contribution is 5.91. The highest BCUT2D eigenvalue weighted by atomic mass is 16.6. The zero-order chi connectivity index (χ0) is 10.7. The molecule has 6 nitrogen and oxygen atoms in total. The van der Waals surface area contributed by atoms with Gasteiger partial charge >= 0.3 is 11.6 Å². The van der Waals surface area contributed by atoms with E-state index in [1.54, 1.807) is 0 Å². The second-order valence-corrected chi connectivity index (χ2v) is 2.31. The van der Waals surface area contributed by atoms with Crippen molar-refractivity contribution in [1.29, 1.82) is 0 Å². The van der Waals surface area contributed by atoms with E-state index in [1.807, 2.05) is 0 Å². The Morgan fingerprint density at radius 1 is 1.50 bits per heavy atom. The van der Waals surface area contributed by atoms with Crippen LogP contribution in [0.5, 0.6) is 11.7 Å². The van der Waals surface area contributed by atoms with E-state index >= 15 is 0 Å². The Bertz CT molecular complexity index is 405. The normalized spacial score (nSPS) is 9.57. The van der Waals surface area contributed by atoms with Crippen molar-refractivity contribution in [2.24, 2.45) is 0 Å². The summed E-state index contributed by atoms with van der Waals surface area (Å²) in [7, 11) is 2.35. The van der Waals surface area contributed by atoms with Gasteiger partial charge in [-0.25, -0.2) is 9.59 Å². The van der Waals surface area contributed by atoms with E-state index in [1.165, 1.54) is 7.11 Å². The maximum absolute atomic E-state index is 11.1. The van der Waals surface area contributed by atoms with E-state index in [9.17, 15) is 14.7 Å². The Labute approximate surface area is 78.7 Å². The number of carbonyl (C=O) groups is 1. The molecule has 76 valence electrons. The number of hydrogen-bond acceptors (Lipinski definition) is 6. The van der Waals surface area contributed by atoms with Crippen LogP contribution in [0, 0.1) is 0 Å². The molecule has 0 atom stereocenters. The summed E-state index contributed by atoms with van der Waals surface area (Å²) in [6.45, 7) is 0. The minimum atomic E-state index is -1.01. The van der Waals surface area contributed by atoms with Gasteiger partial charge in [0.05, 0.1) is 20.3 Å². The summed E-state index contributed by atoms with van der Waals surface area (Å²) >= 11 is 0. The van der Waals surface area contributed by atoms with Gasteiger partial charge in [0.25, 0.3) is 5.95 Å². The Hall–Kier alpha value is -1.98. The molecule has 1 N–H and O–H groups in total. The number of ether oxygens (including phenoxy) is 2. The number of esters is 1. The van der Waals surface area contributed by atoms with Gasteiger partial charge in [-0.3, -0.25) is 0 Å². The van der Waals surface area contributed by atoms with Crippen LogP contribution in [0.3, 0.4) is 0 Å².